The second-order valence-electron chi connectivity index (χ2n) is 28.7. The van der Waals surface area contributed by atoms with Crippen LogP contribution >= 0.6 is 138 Å². The Hall–Kier alpha value is -14.3. The van der Waals surface area contributed by atoms with Gasteiger partial charge in [0.25, 0.3) is 0 Å². The SMILES string of the molecule is CC(=O)Nc1cccc(NC(=O)CSc2nc(-c3cccs3)cc(-c3cccs3)c2C#N)c1.CC(=O)Nc1cccc(NC(=O)CSc2nc(-c3cccs3)cc(-c3cccs3)c2C#N)c1.CC(=O)Nc1cccc(NC(=O)CSc2nc(-c3cccs3)cc(-c3cccs3)c2C#N)c1.CC(=O)Nc1cccc(NC(=O)CSc2nc(-c3cccs3)cc(-c3cccs3)c2C#N)c1.CN(C)C=O. The Morgan fingerprint density at radius 2 is 0.460 bits per heavy atom. The molecule has 8 N–H and O–H groups in total. The number of rotatable bonds is 29. The predicted molar refractivity (Wildman–Crippen MR) is 562 cm³/mol. The van der Waals surface area contributed by atoms with Crippen LogP contribution in [0.4, 0.5) is 45.5 Å². The average Bonchev–Trinajstić information content (AvgIpc) is 1.80. The minimum Gasteiger partial charge on any atom is -0.351 e. The van der Waals surface area contributed by atoms with Crippen LogP contribution in [0.15, 0.2) is 282 Å². The van der Waals surface area contributed by atoms with Gasteiger partial charge in [-0.25, -0.2) is 19.9 Å². The largest absolute Gasteiger partial charge is 0.351 e. The topological polar surface area (TPSA) is 400 Å². The average molecular weight is 2040 g/mol. The lowest BCUT2D eigenvalue weighted by Crippen LogP contribution is -2.15. The summed E-state index contributed by atoms with van der Waals surface area (Å²) in [6, 6.07) is 76.1. The fraction of sp³-hybridized carbons (Fsp3) is 0.101. The molecule has 12 heterocycles. The number of anilines is 8. The molecular formula is C99H79N17O9S12. The molecule has 0 bridgehead atoms. The van der Waals surface area contributed by atoms with Crippen molar-refractivity contribution in [2.45, 2.75) is 47.8 Å². The molecule has 0 saturated carbocycles. The Kier molecular flexibility index (Phi) is 38.1. The van der Waals surface area contributed by atoms with Gasteiger partial charge in [-0.2, -0.15) is 21.0 Å². The molecule has 16 rings (SSSR count). The van der Waals surface area contributed by atoms with E-state index >= 15 is 0 Å². The lowest BCUT2D eigenvalue weighted by atomic mass is 10.1. The van der Waals surface area contributed by atoms with Gasteiger partial charge in [0, 0.05) is 129 Å². The maximum atomic E-state index is 12.6. The molecule has 0 aliphatic carbocycles. The molecule has 0 atom stereocenters. The number of carbonyl (C=O) groups excluding carboxylic acids is 9. The molecule has 0 aliphatic heterocycles. The fourth-order valence-corrected chi connectivity index (χ4v) is 21.4. The first-order valence-electron chi connectivity index (χ1n) is 40.8. The number of nitrogens with zero attached hydrogens (tertiary/aromatic N) is 9. The van der Waals surface area contributed by atoms with Crippen molar-refractivity contribution in [3.8, 4) is 108 Å². The molecule has 38 heteroatoms. The van der Waals surface area contributed by atoms with Crippen molar-refractivity contribution in [2.75, 3.05) is 79.6 Å². The molecule has 686 valence electrons. The number of benzene rings is 4. The van der Waals surface area contributed by atoms with E-state index in [1.54, 1.807) is 202 Å². The summed E-state index contributed by atoms with van der Waals surface area (Å²) in [5.41, 5.74) is 12.9. The van der Waals surface area contributed by atoms with Crippen LogP contribution in [0.2, 0.25) is 0 Å². The van der Waals surface area contributed by atoms with Gasteiger partial charge in [0.15, 0.2) is 0 Å². The van der Waals surface area contributed by atoms with E-state index in [0.29, 0.717) is 87.9 Å². The molecule has 9 amide bonds. The molecule has 0 radical (unpaired) electrons. The van der Waals surface area contributed by atoms with Gasteiger partial charge in [-0.1, -0.05) is 120 Å². The number of pyridine rings is 4. The summed E-state index contributed by atoms with van der Waals surface area (Å²) in [6.45, 7) is 5.71. The maximum Gasteiger partial charge on any atom is 0.234 e. The molecule has 26 nitrogen and oxygen atoms in total. The third kappa shape index (κ3) is 30.3. The molecular weight excluding hydrogens is 1960 g/mol. The minimum absolute atomic E-state index is 0.0871. The van der Waals surface area contributed by atoms with Crippen LogP contribution in [0.1, 0.15) is 49.9 Å². The van der Waals surface area contributed by atoms with Gasteiger partial charge in [0.2, 0.25) is 53.7 Å². The molecule has 0 fully saturated rings. The van der Waals surface area contributed by atoms with Gasteiger partial charge in [-0.3, -0.25) is 43.2 Å². The number of amides is 9. The van der Waals surface area contributed by atoms with Crippen LogP contribution < -0.4 is 42.5 Å². The summed E-state index contributed by atoms with van der Waals surface area (Å²) < 4.78 is 0. The van der Waals surface area contributed by atoms with Crippen LogP contribution in [0.5, 0.6) is 0 Å². The number of nitriles is 4. The maximum absolute atomic E-state index is 12.6. The lowest BCUT2D eigenvalue weighted by Gasteiger charge is -2.11. The summed E-state index contributed by atoms with van der Waals surface area (Å²) in [4.78, 5) is 133. The van der Waals surface area contributed by atoms with E-state index in [-0.39, 0.29) is 70.3 Å². The van der Waals surface area contributed by atoms with E-state index in [4.69, 9.17) is 19.9 Å². The minimum atomic E-state index is -0.232. The standard InChI is InChI=1S/4C24H18N4O2S3.C3H7NO/c4*1-15(29)26-16-5-2-6-17(11-16)27-23(30)14-33-24-19(13-25)18(21-7-3-9-31-21)12-20(28-24)22-8-4-10-32-22;1-4(2)3-5/h4*2-12H,14H2,1H3,(H,26,29)(H,27,30);3H,1-2H3. The monoisotopic (exact) mass is 2030 g/mol. The van der Waals surface area contributed by atoms with E-state index in [0.717, 1.165) is 90.5 Å². The lowest BCUT2D eigenvalue weighted by molar-refractivity contribution is -0.116. The molecule has 0 aliphatic rings. The van der Waals surface area contributed by atoms with E-state index < -0.39 is 0 Å². The number of thioether (sulfide) groups is 4. The summed E-state index contributed by atoms with van der Waals surface area (Å²) in [7, 11) is 3.38. The first-order chi connectivity index (χ1) is 66.4. The fourth-order valence-electron chi connectivity index (χ4n) is 12.5. The molecule has 4 aromatic carbocycles. The third-order valence-corrected chi connectivity index (χ3v) is 29.2. The second-order valence-corrected chi connectivity index (χ2v) is 40.1. The molecule has 137 heavy (non-hydrogen) atoms. The number of hydrogen-bond acceptors (Lipinski definition) is 29. The van der Waals surface area contributed by atoms with Crippen molar-refractivity contribution in [3.05, 3.63) is 284 Å². The van der Waals surface area contributed by atoms with Crippen molar-refractivity contribution in [1.82, 2.24) is 24.8 Å². The molecule has 16 aromatic rings. The van der Waals surface area contributed by atoms with Gasteiger partial charge < -0.3 is 47.4 Å². The summed E-state index contributed by atoms with van der Waals surface area (Å²) in [6.07, 6.45) is 0.750. The second kappa shape index (κ2) is 51.4. The number of aromatic nitrogens is 4. The number of hydrogen-bond donors (Lipinski definition) is 8. The summed E-state index contributed by atoms with van der Waals surface area (Å²) in [5, 5.41) is 79.5. The highest BCUT2D eigenvalue weighted by Gasteiger charge is 2.25. The number of thiophene rings is 8. The van der Waals surface area contributed by atoms with E-state index in [9.17, 15) is 64.2 Å². The summed E-state index contributed by atoms with van der Waals surface area (Å²) >= 11 is 17.5. The van der Waals surface area contributed by atoms with E-state index in [1.165, 1.54) is 79.6 Å². The third-order valence-electron chi connectivity index (χ3n) is 18.1. The first-order valence-corrected chi connectivity index (χ1v) is 51.8. The van der Waals surface area contributed by atoms with E-state index in [1.807, 2.05) is 164 Å². The zero-order chi connectivity index (χ0) is 97.1. The molecule has 12 aromatic heterocycles. The Balaban J connectivity index is 0.000000161. The zero-order valence-electron chi connectivity index (χ0n) is 73.4. The highest BCUT2D eigenvalue weighted by atomic mass is 32.2. The van der Waals surface area contributed by atoms with Crippen LogP contribution in [-0.2, 0) is 43.2 Å². The van der Waals surface area contributed by atoms with Crippen molar-refractivity contribution >= 4 is 237 Å². The Labute approximate surface area is 837 Å². The van der Waals surface area contributed by atoms with Crippen molar-refractivity contribution in [3.63, 3.8) is 0 Å². The van der Waals surface area contributed by atoms with Gasteiger partial charge in [-0.05, 0) is 189 Å². The molecule has 0 unspecified atom stereocenters. The van der Waals surface area contributed by atoms with Crippen LogP contribution in [-0.4, -0.2) is 116 Å². The highest BCUT2D eigenvalue weighted by molar-refractivity contribution is 8.00. The van der Waals surface area contributed by atoms with Crippen LogP contribution in [0, 0.1) is 45.3 Å². The van der Waals surface area contributed by atoms with Crippen molar-refractivity contribution < 1.29 is 43.2 Å². The normalized spacial score (nSPS) is 10.3. The van der Waals surface area contributed by atoms with Gasteiger partial charge >= 0.3 is 0 Å². The smallest absolute Gasteiger partial charge is 0.234 e. The number of carbonyl (C=O) groups is 9. The first kappa shape index (κ1) is 102. The highest BCUT2D eigenvalue weighted by Crippen LogP contribution is 2.43. The molecule has 0 spiro atoms. The van der Waals surface area contributed by atoms with Crippen molar-refractivity contribution in [1.29, 1.82) is 21.0 Å². The van der Waals surface area contributed by atoms with Gasteiger partial charge in [0.05, 0.1) is 87.5 Å². The van der Waals surface area contributed by atoms with Crippen molar-refractivity contribution in [2.24, 2.45) is 0 Å². The Morgan fingerprint density at radius 1 is 0.285 bits per heavy atom. The van der Waals surface area contributed by atoms with Crippen LogP contribution in [0.3, 0.4) is 0 Å². The van der Waals surface area contributed by atoms with Crippen LogP contribution in [0.25, 0.3) is 84.0 Å². The predicted octanol–water partition coefficient (Wildman–Crippen LogP) is 24.1. The van der Waals surface area contributed by atoms with E-state index in [2.05, 4.69) is 66.8 Å². The number of nitrogens with one attached hydrogen (secondary N) is 8. The quantitative estimate of drug-likeness (QED) is 0.0159. The van der Waals surface area contributed by atoms with Gasteiger partial charge in [-0.15, -0.1) is 90.7 Å². The Morgan fingerprint density at radius 3 is 0.613 bits per heavy atom. The molecule has 0 saturated heterocycles. The summed E-state index contributed by atoms with van der Waals surface area (Å²) in [5.74, 6) is -1.31. The zero-order valence-corrected chi connectivity index (χ0v) is 83.2. The Bertz CT molecular complexity index is 6260. The van der Waals surface area contributed by atoms with Gasteiger partial charge in [0.1, 0.15) is 44.4 Å².